The summed E-state index contributed by atoms with van der Waals surface area (Å²) in [5.41, 5.74) is 2.34. The minimum atomic E-state index is -4.03. The molecular formula is C15H16FN3O3S. The van der Waals surface area contributed by atoms with E-state index in [1.165, 1.54) is 6.08 Å². The van der Waals surface area contributed by atoms with Crippen molar-refractivity contribution in [2.24, 2.45) is 7.05 Å². The van der Waals surface area contributed by atoms with Gasteiger partial charge in [-0.1, -0.05) is 0 Å². The van der Waals surface area contributed by atoms with E-state index >= 15 is 0 Å². The number of benzene rings is 1. The fourth-order valence-corrected chi connectivity index (χ4v) is 2.97. The summed E-state index contributed by atoms with van der Waals surface area (Å²) in [6.45, 7) is 3.63. The lowest BCUT2D eigenvalue weighted by molar-refractivity contribution is -0.114. The fraction of sp³-hybridized carbons (Fsp3) is 0.200. The Morgan fingerprint density at radius 3 is 2.39 bits per heavy atom. The summed E-state index contributed by atoms with van der Waals surface area (Å²) >= 11 is 0. The highest BCUT2D eigenvalue weighted by atomic mass is 32.2. The van der Waals surface area contributed by atoms with Crippen LogP contribution < -0.4 is 4.72 Å². The molecule has 1 aromatic carbocycles. The molecule has 1 heterocycles. The number of sulfonamides is 1. The lowest BCUT2D eigenvalue weighted by Crippen LogP contribution is -2.28. The molecule has 2 rings (SSSR count). The van der Waals surface area contributed by atoms with Crippen molar-refractivity contribution in [2.45, 2.75) is 18.7 Å². The fourth-order valence-electron chi connectivity index (χ4n) is 2.03. The molecule has 0 aliphatic rings. The first-order valence-electron chi connectivity index (χ1n) is 6.71. The zero-order chi connectivity index (χ0) is 17.2. The van der Waals surface area contributed by atoms with Crippen molar-refractivity contribution < 1.29 is 17.6 Å². The Hall–Kier alpha value is -2.48. The second-order valence-electron chi connectivity index (χ2n) is 4.97. The van der Waals surface area contributed by atoms with E-state index < -0.39 is 21.7 Å². The van der Waals surface area contributed by atoms with Crippen LogP contribution in [0.5, 0.6) is 0 Å². The minimum Gasteiger partial charge on any atom is -0.272 e. The molecule has 122 valence electrons. The lowest BCUT2D eigenvalue weighted by atomic mass is 10.2. The van der Waals surface area contributed by atoms with Crippen molar-refractivity contribution >= 4 is 22.0 Å². The van der Waals surface area contributed by atoms with Gasteiger partial charge in [-0.25, -0.2) is 17.5 Å². The van der Waals surface area contributed by atoms with Gasteiger partial charge in [-0.15, -0.1) is 0 Å². The summed E-state index contributed by atoms with van der Waals surface area (Å²) in [6, 6.07) is 4.20. The molecule has 0 atom stereocenters. The number of aromatic nitrogens is 2. The zero-order valence-corrected chi connectivity index (χ0v) is 13.7. The third-order valence-corrected chi connectivity index (χ3v) is 4.69. The van der Waals surface area contributed by atoms with Crippen LogP contribution in [0.15, 0.2) is 35.2 Å². The molecule has 0 bridgehead atoms. The first-order chi connectivity index (χ1) is 10.7. The largest absolute Gasteiger partial charge is 0.272 e. The van der Waals surface area contributed by atoms with Crippen LogP contribution in [0.2, 0.25) is 0 Å². The molecule has 0 saturated carbocycles. The molecule has 6 nitrogen and oxygen atoms in total. The van der Waals surface area contributed by atoms with Crippen LogP contribution in [0.25, 0.3) is 6.08 Å². The topological polar surface area (TPSA) is 81.1 Å². The quantitative estimate of drug-likeness (QED) is 0.861. The van der Waals surface area contributed by atoms with Crippen LogP contribution in [-0.4, -0.2) is 24.1 Å². The second kappa shape index (κ2) is 6.33. The monoisotopic (exact) mass is 337 g/mol. The number of carbonyl (C=O) groups is 1. The van der Waals surface area contributed by atoms with Crippen molar-refractivity contribution in [1.82, 2.24) is 14.5 Å². The minimum absolute atomic E-state index is 0.186. The van der Waals surface area contributed by atoms with E-state index in [0.717, 1.165) is 47.3 Å². The van der Waals surface area contributed by atoms with Crippen molar-refractivity contribution in [3.05, 3.63) is 53.1 Å². The van der Waals surface area contributed by atoms with Crippen LogP contribution in [0.1, 0.15) is 17.0 Å². The van der Waals surface area contributed by atoms with Crippen LogP contribution in [0, 0.1) is 19.7 Å². The van der Waals surface area contributed by atoms with Gasteiger partial charge < -0.3 is 0 Å². The number of rotatable bonds is 4. The van der Waals surface area contributed by atoms with Gasteiger partial charge in [0.25, 0.3) is 15.9 Å². The molecule has 0 aliphatic heterocycles. The van der Waals surface area contributed by atoms with Gasteiger partial charge in [-0.05, 0) is 44.2 Å². The van der Waals surface area contributed by atoms with Gasteiger partial charge >= 0.3 is 0 Å². The molecule has 1 amide bonds. The maximum Gasteiger partial charge on any atom is 0.264 e. The highest BCUT2D eigenvalue weighted by Crippen LogP contribution is 2.14. The third-order valence-electron chi connectivity index (χ3n) is 3.33. The Kier molecular flexibility index (Phi) is 4.65. The molecule has 0 saturated heterocycles. The Bertz CT molecular complexity index is 868. The first-order valence-corrected chi connectivity index (χ1v) is 8.19. The van der Waals surface area contributed by atoms with E-state index in [9.17, 15) is 17.6 Å². The average molecular weight is 337 g/mol. The predicted molar refractivity (Wildman–Crippen MR) is 83.4 cm³/mol. The number of carbonyl (C=O) groups excluding carboxylic acids is 1. The summed E-state index contributed by atoms with van der Waals surface area (Å²) in [5, 5.41) is 4.20. The molecule has 1 aromatic heterocycles. The Labute approximate surface area is 133 Å². The van der Waals surface area contributed by atoms with Crippen LogP contribution in [0.3, 0.4) is 0 Å². The summed E-state index contributed by atoms with van der Waals surface area (Å²) in [5.74, 6) is -1.35. The standard InChI is InChI=1S/C15H16FN3O3S/c1-10-14(11(2)19(3)17-10)8-9-15(20)18-23(21,22)13-6-4-12(16)5-7-13/h4-9H,1-3H3,(H,18,20)/b9-8+. The van der Waals surface area contributed by atoms with E-state index in [4.69, 9.17) is 0 Å². The number of hydrogen-bond acceptors (Lipinski definition) is 4. The van der Waals surface area contributed by atoms with Gasteiger partial charge in [0.1, 0.15) is 5.82 Å². The molecule has 23 heavy (non-hydrogen) atoms. The maximum absolute atomic E-state index is 12.8. The normalized spacial score (nSPS) is 11.8. The molecule has 0 fully saturated rings. The maximum atomic E-state index is 12.8. The van der Waals surface area contributed by atoms with Crippen LogP contribution >= 0.6 is 0 Å². The van der Waals surface area contributed by atoms with E-state index in [0.29, 0.717) is 0 Å². The number of nitrogens with one attached hydrogen (secondary N) is 1. The Morgan fingerprint density at radius 1 is 1.26 bits per heavy atom. The summed E-state index contributed by atoms with van der Waals surface area (Å²) in [7, 11) is -2.26. The third kappa shape index (κ3) is 3.84. The van der Waals surface area contributed by atoms with Crippen LogP contribution in [0.4, 0.5) is 4.39 Å². The second-order valence-corrected chi connectivity index (χ2v) is 6.65. The summed E-state index contributed by atoms with van der Waals surface area (Å²) in [6.07, 6.45) is 2.63. The van der Waals surface area contributed by atoms with Crippen LogP contribution in [-0.2, 0) is 21.9 Å². The highest BCUT2D eigenvalue weighted by Gasteiger charge is 2.16. The zero-order valence-electron chi connectivity index (χ0n) is 12.9. The van der Waals surface area contributed by atoms with Gasteiger partial charge in [0, 0.05) is 24.4 Å². The van der Waals surface area contributed by atoms with E-state index in [-0.39, 0.29) is 4.90 Å². The number of aryl methyl sites for hydroxylation is 2. The van der Waals surface area contributed by atoms with Gasteiger partial charge in [0.15, 0.2) is 0 Å². The van der Waals surface area contributed by atoms with Gasteiger partial charge in [0.05, 0.1) is 10.6 Å². The summed E-state index contributed by atoms with van der Waals surface area (Å²) < 4.78 is 40.4. The molecule has 0 aliphatic carbocycles. The predicted octanol–water partition coefficient (Wildman–Crippen LogP) is 1.69. The molecular weight excluding hydrogens is 321 g/mol. The summed E-state index contributed by atoms with van der Waals surface area (Å²) in [4.78, 5) is 11.6. The number of hydrogen-bond donors (Lipinski definition) is 1. The number of nitrogens with zero attached hydrogens (tertiary/aromatic N) is 2. The van der Waals surface area contributed by atoms with Gasteiger partial charge in [0.2, 0.25) is 0 Å². The highest BCUT2D eigenvalue weighted by molar-refractivity contribution is 7.90. The van der Waals surface area contributed by atoms with Crippen molar-refractivity contribution in [3.63, 3.8) is 0 Å². The van der Waals surface area contributed by atoms with Gasteiger partial charge in [-0.3, -0.25) is 9.48 Å². The Morgan fingerprint density at radius 2 is 1.87 bits per heavy atom. The average Bonchev–Trinajstić information content (AvgIpc) is 2.70. The van der Waals surface area contributed by atoms with Crippen molar-refractivity contribution in [1.29, 1.82) is 0 Å². The smallest absolute Gasteiger partial charge is 0.264 e. The molecule has 0 unspecified atom stereocenters. The molecule has 0 spiro atoms. The van der Waals surface area contributed by atoms with E-state index in [1.54, 1.807) is 18.7 Å². The molecule has 1 N–H and O–H groups in total. The van der Waals surface area contributed by atoms with Crippen molar-refractivity contribution in [3.8, 4) is 0 Å². The Balaban J connectivity index is 2.15. The molecule has 0 radical (unpaired) electrons. The number of amides is 1. The molecule has 2 aromatic rings. The molecule has 8 heteroatoms. The SMILES string of the molecule is Cc1nn(C)c(C)c1/C=C/C(=O)NS(=O)(=O)c1ccc(F)cc1. The lowest BCUT2D eigenvalue weighted by Gasteiger charge is -2.04. The first kappa shape index (κ1) is 16.9. The van der Waals surface area contributed by atoms with Gasteiger partial charge in [-0.2, -0.15) is 5.10 Å². The number of halogens is 1. The van der Waals surface area contributed by atoms with E-state index in [2.05, 4.69) is 5.10 Å². The van der Waals surface area contributed by atoms with E-state index in [1.807, 2.05) is 11.6 Å². The van der Waals surface area contributed by atoms with Crippen molar-refractivity contribution in [2.75, 3.05) is 0 Å².